The molecule has 1 aliphatic rings. The molecule has 2 N–H and O–H groups in total. The van der Waals surface area contributed by atoms with Crippen LogP contribution in [0.15, 0.2) is 0 Å². The van der Waals surface area contributed by atoms with Crippen molar-refractivity contribution < 1.29 is 4.79 Å². The molecule has 0 bridgehead atoms. The zero-order chi connectivity index (χ0) is 9.68. The van der Waals surface area contributed by atoms with Crippen LogP contribution in [0.2, 0.25) is 0 Å². The summed E-state index contributed by atoms with van der Waals surface area (Å²) in [6, 6.07) is 0.296. The fraction of sp³-hybridized carbons (Fsp3) is 0.875. The summed E-state index contributed by atoms with van der Waals surface area (Å²) < 4.78 is 0. The van der Waals surface area contributed by atoms with Gasteiger partial charge in [0.15, 0.2) is 0 Å². The van der Waals surface area contributed by atoms with Gasteiger partial charge in [0, 0.05) is 23.4 Å². The Morgan fingerprint density at radius 3 is 3.00 bits per heavy atom. The van der Waals surface area contributed by atoms with E-state index in [9.17, 15) is 4.79 Å². The van der Waals surface area contributed by atoms with Gasteiger partial charge in [-0.2, -0.15) is 11.8 Å². The number of nitrogens with one attached hydrogen (secondary N) is 2. The van der Waals surface area contributed by atoms with Crippen LogP contribution in [0.1, 0.15) is 6.92 Å². The molecule has 0 aliphatic carbocycles. The Bertz CT molecular complexity index is 177. The van der Waals surface area contributed by atoms with Gasteiger partial charge in [0.2, 0.25) is 5.91 Å². The first-order chi connectivity index (χ1) is 6.24. The lowest BCUT2D eigenvalue weighted by Gasteiger charge is -2.15. The maximum atomic E-state index is 11.5. The molecule has 2 atom stereocenters. The number of rotatable bonds is 4. The third-order valence-corrected chi connectivity index (χ3v) is 3.61. The lowest BCUT2D eigenvalue weighted by Crippen LogP contribution is -2.46. The van der Waals surface area contributed by atoms with Crippen molar-refractivity contribution >= 4 is 41.8 Å². The molecule has 0 spiro atoms. The fourth-order valence-corrected chi connectivity index (χ4v) is 2.72. The highest BCUT2D eigenvalue weighted by Crippen LogP contribution is 2.09. The summed E-state index contributed by atoms with van der Waals surface area (Å²) in [4.78, 5) is 11.5. The molecule has 0 aromatic rings. The Morgan fingerprint density at radius 2 is 2.50 bits per heavy atom. The molecule has 1 aliphatic heterocycles. The average Bonchev–Trinajstić information content (AvgIpc) is 2.55. The SMILES string of the molecule is CSCC(C)NC(=O)[C@H]1CSCN1.Cl. The van der Waals surface area contributed by atoms with E-state index in [0.29, 0.717) is 0 Å². The third-order valence-electron chi connectivity index (χ3n) is 1.84. The van der Waals surface area contributed by atoms with Gasteiger partial charge in [0.1, 0.15) is 0 Å². The molecule has 0 saturated carbocycles. The zero-order valence-electron chi connectivity index (χ0n) is 8.41. The summed E-state index contributed by atoms with van der Waals surface area (Å²) in [5, 5.41) is 6.14. The van der Waals surface area contributed by atoms with E-state index in [2.05, 4.69) is 10.6 Å². The molecule has 14 heavy (non-hydrogen) atoms. The highest BCUT2D eigenvalue weighted by Gasteiger charge is 2.22. The first-order valence-electron chi connectivity index (χ1n) is 4.34. The quantitative estimate of drug-likeness (QED) is 0.786. The minimum atomic E-state index is 0. The molecule has 1 saturated heterocycles. The smallest absolute Gasteiger partial charge is 0.238 e. The standard InChI is InChI=1S/C8H16N2OS2.ClH/c1-6(3-12-2)10-8(11)7-4-13-5-9-7;/h6-7,9H,3-5H2,1-2H3,(H,10,11);1H/t6?,7-;/m1./s1. The molecule has 0 aromatic carbocycles. The van der Waals surface area contributed by atoms with Crippen LogP contribution in [0.25, 0.3) is 0 Å². The molecule has 6 heteroatoms. The van der Waals surface area contributed by atoms with Gasteiger partial charge >= 0.3 is 0 Å². The van der Waals surface area contributed by atoms with Gasteiger partial charge in [-0.15, -0.1) is 24.2 Å². The molecular weight excluding hydrogens is 240 g/mol. The summed E-state index contributed by atoms with van der Waals surface area (Å²) in [5.74, 6) is 2.92. The van der Waals surface area contributed by atoms with Crippen LogP contribution in [0.4, 0.5) is 0 Å². The second-order valence-corrected chi connectivity index (χ2v) is 5.08. The van der Waals surface area contributed by atoms with Crippen LogP contribution >= 0.6 is 35.9 Å². The van der Waals surface area contributed by atoms with Crippen molar-refractivity contribution in [3.8, 4) is 0 Å². The van der Waals surface area contributed by atoms with Gasteiger partial charge in [0.25, 0.3) is 0 Å². The molecule has 1 heterocycles. The second-order valence-electron chi connectivity index (χ2n) is 3.14. The molecular formula is C8H17ClN2OS2. The topological polar surface area (TPSA) is 41.1 Å². The van der Waals surface area contributed by atoms with E-state index in [0.717, 1.165) is 17.4 Å². The van der Waals surface area contributed by atoms with E-state index < -0.39 is 0 Å². The van der Waals surface area contributed by atoms with Gasteiger partial charge in [-0.25, -0.2) is 0 Å². The summed E-state index contributed by atoms with van der Waals surface area (Å²) in [7, 11) is 0. The Hall–Kier alpha value is 0.420. The van der Waals surface area contributed by atoms with Gasteiger partial charge in [0.05, 0.1) is 6.04 Å². The van der Waals surface area contributed by atoms with Gasteiger partial charge in [-0.1, -0.05) is 0 Å². The van der Waals surface area contributed by atoms with Crippen LogP contribution in [0.5, 0.6) is 0 Å². The van der Waals surface area contributed by atoms with Crippen molar-refractivity contribution in [3.63, 3.8) is 0 Å². The predicted molar refractivity (Wildman–Crippen MR) is 67.5 cm³/mol. The largest absolute Gasteiger partial charge is 0.351 e. The van der Waals surface area contributed by atoms with E-state index in [1.807, 2.05) is 13.2 Å². The van der Waals surface area contributed by atoms with Crippen molar-refractivity contribution in [2.45, 2.75) is 19.0 Å². The van der Waals surface area contributed by atoms with E-state index in [1.165, 1.54) is 0 Å². The first-order valence-corrected chi connectivity index (χ1v) is 6.89. The molecule has 84 valence electrons. The van der Waals surface area contributed by atoms with Crippen molar-refractivity contribution in [3.05, 3.63) is 0 Å². The van der Waals surface area contributed by atoms with E-state index >= 15 is 0 Å². The number of carbonyl (C=O) groups excluding carboxylic acids is 1. The number of carbonyl (C=O) groups is 1. The van der Waals surface area contributed by atoms with E-state index in [1.54, 1.807) is 23.5 Å². The van der Waals surface area contributed by atoms with Crippen molar-refractivity contribution in [1.29, 1.82) is 0 Å². The predicted octanol–water partition coefficient (Wildman–Crippen LogP) is 0.938. The van der Waals surface area contributed by atoms with Crippen LogP contribution in [-0.4, -0.2) is 41.6 Å². The minimum Gasteiger partial charge on any atom is -0.351 e. The Kier molecular flexibility index (Phi) is 7.91. The number of hydrogen-bond acceptors (Lipinski definition) is 4. The molecule has 3 nitrogen and oxygen atoms in total. The molecule has 1 amide bonds. The van der Waals surface area contributed by atoms with Crippen LogP contribution in [0.3, 0.4) is 0 Å². The molecule has 1 fully saturated rings. The molecule has 0 aromatic heterocycles. The van der Waals surface area contributed by atoms with Gasteiger partial charge in [-0.05, 0) is 13.2 Å². The van der Waals surface area contributed by atoms with Gasteiger partial charge in [-0.3, -0.25) is 10.1 Å². The Labute approximate surface area is 99.9 Å². The summed E-state index contributed by atoms with van der Waals surface area (Å²) in [6.45, 7) is 2.04. The van der Waals surface area contributed by atoms with E-state index in [4.69, 9.17) is 0 Å². The highest BCUT2D eigenvalue weighted by atomic mass is 35.5. The maximum absolute atomic E-state index is 11.5. The number of hydrogen-bond donors (Lipinski definition) is 2. The summed E-state index contributed by atoms with van der Waals surface area (Å²) >= 11 is 3.53. The number of amides is 1. The fourth-order valence-electron chi connectivity index (χ4n) is 1.20. The molecule has 0 radical (unpaired) electrons. The van der Waals surface area contributed by atoms with Crippen molar-refractivity contribution in [1.82, 2.24) is 10.6 Å². The summed E-state index contributed by atoms with van der Waals surface area (Å²) in [6.07, 6.45) is 2.05. The maximum Gasteiger partial charge on any atom is 0.238 e. The van der Waals surface area contributed by atoms with E-state index in [-0.39, 0.29) is 30.4 Å². The van der Waals surface area contributed by atoms with Crippen molar-refractivity contribution in [2.24, 2.45) is 0 Å². The minimum absolute atomic E-state index is 0. The number of thioether (sulfide) groups is 2. The second kappa shape index (κ2) is 7.68. The average molecular weight is 257 g/mol. The number of halogens is 1. The first kappa shape index (κ1) is 14.4. The van der Waals surface area contributed by atoms with Gasteiger partial charge < -0.3 is 5.32 Å². The molecule has 1 rings (SSSR count). The Balaban J connectivity index is 0.00000169. The molecule has 1 unspecified atom stereocenters. The Morgan fingerprint density at radius 1 is 1.79 bits per heavy atom. The monoisotopic (exact) mass is 256 g/mol. The normalized spacial score (nSPS) is 22.6. The van der Waals surface area contributed by atoms with Crippen LogP contribution in [-0.2, 0) is 4.79 Å². The third kappa shape index (κ3) is 4.77. The van der Waals surface area contributed by atoms with Crippen LogP contribution < -0.4 is 10.6 Å². The van der Waals surface area contributed by atoms with Crippen LogP contribution in [0, 0.1) is 0 Å². The summed E-state index contributed by atoms with van der Waals surface area (Å²) in [5.41, 5.74) is 0. The lowest BCUT2D eigenvalue weighted by atomic mass is 10.3. The van der Waals surface area contributed by atoms with Crippen molar-refractivity contribution in [2.75, 3.05) is 23.6 Å². The zero-order valence-corrected chi connectivity index (χ0v) is 10.9. The lowest BCUT2D eigenvalue weighted by molar-refractivity contribution is -0.122. The highest BCUT2D eigenvalue weighted by molar-refractivity contribution is 7.99.